The predicted octanol–water partition coefficient (Wildman–Crippen LogP) is 2.20. The van der Waals surface area contributed by atoms with Gasteiger partial charge in [0, 0.05) is 23.5 Å². The topological polar surface area (TPSA) is 72.5 Å². The van der Waals surface area contributed by atoms with Gasteiger partial charge in [-0.2, -0.15) is 0 Å². The molecular formula is C17H21N3O3S. The highest BCUT2D eigenvalue weighted by Crippen LogP contribution is 2.36. The summed E-state index contributed by atoms with van der Waals surface area (Å²) in [4.78, 5) is 16.6. The van der Waals surface area contributed by atoms with Gasteiger partial charge in [0.2, 0.25) is 12.7 Å². The zero-order chi connectivity index (χ0) is 16.9. The highest BCUT2D eigenvalue weighted by atomic mass is 32.1. The van der Waals surface area contributed by atoms with Gasteiger partial charge >= 0.3 is 0 Å². The summed E-state index contributed by atoms with van der Waals surface area (Å²) in [5.41, 5.74) is 1.75. The minimum absolute atomic E-state index is 0.0118. The van der Waals surface area contributed by atoms with E-state index < -0.39 is 0 Å². The molecule has 0 bridgehead atoms. The van der Waals surface area contributed by atoms with Gasteiger partial charge in [0.15, 0.2) is 11.5 Å². The largest absolute Gasteiger partial charge is 0.454 e. The van der Waals surface area contributed by atoms with Gasteiger partial charge in [-0.15, -0.1) is 11.3 Å². The summed E-state index contributed by atoms with van der Waals surface area (Å²) in [5.74, 6) is 1.48. The monoisotopic (exact) mass is 347 g/mol. The Morgan fingerprint density at radius 1 is 1.38 bits per heavy atom. The third-order valence-corrected chi connectivity index (χ3v) is 4.61. The Bertz CT molecular complexity index is 717. The van der Waals surface area contributed by atoms with E-state index in [1.54, 1.807) is 0 Å². The van der Waals surface area contributed by atoms with E-state index in [1.165, 1.54) is 11.3 Å². The Labute approximate surface area is 145 Å². The minimum atomic E-state index is -0.0118. The minimum Gasteiger partial charge on any atom is -0.454 e. The van der Waals surface area contributed by atoms with Crippen molar-refractivity contribution in [2.75, 3.05) is 19.9 Å². The second kappa shape index (κ2) is 7.63. The molecule has 1 aromatic carbocycles. The molecule has 0 unspecified atom stereocenters. The van der Waals surface area contributed by atoms with Crippen LogP contribution in [0.4, 0.5) is 0 Å². The van der Waals surface area contributed by atoms with Gasteiger partial charge < -0.3 is 20.1 Å². The van der Waals surface area contributed by atoms with Gasteiger partial charge in [-0.1, -0.05) is 6.92 Å². The van der Waals surface area contributed by atoms with Gasteiger partial charge in [-0.05, 0) is 31.7 Å². The standard InChI is InChI=1S/C17H21N3O3S/c1-3-18-11(2)8-19-16(21)7-13-9-24-17(20-13)12-4-5-14-15(6-12)23-10-22-14/h4-6,9,11,18H,3,7-8,10H2,1-2H3,(H,19,21)/t11-/m1/s1. The van der Waals surface area contributed by atoms with Crippen LogP contribution in [-0.4, -0.2) is 36.8 Å². The Kier molecular flexibility index (Phi) is 5.32. The van der Waals surface area contributed by atoms with Gasteiger partial charge in [0.1, 0.15) is 5.01 Å². The summed E-state index contributed by atoms with van der Waals surface area (Å²) in [7, 11) is 0. The van der Waals surface area contributed by atoms with E-state index in [0.717, 1.165) is 34.3 Å². The summed E-state index contributed by atoms with van der Waals surface area (Å²) in [6.45, 7) is 5.86. The number of amides is 1. The number of thiazole rings is 1. The van der Waals surface area contributed by atoms with Crippen LogP contribution in [-0.2, 0) is 11.2 Å². The Morgan fingerprint density at radius 3 is 3.04 bits per heavy atom. The fourth-order valence-corrected chi connectivity index (χ4v) is 3.28. The number of hydrogen-bond acceptors (Lipinski definition) is 6. The molecule has 1 aromatic heterocycles. The number of carbonyl (C=O) groups is 1. The van der Waals surface area contributed by atoms with Crippen molar-refractivity contribution in [3.05, 3.63) is 29.3 Å². The summed E-state index contributed by atoms with van der Waals surface area (Å²) in [6, 6.07) is 6.02. The number of nitrogens with zero attached hydrogens (tertiary/aromatic N) is 1. The number of benzene rings is 1. The SMILES string of the molecule is CCN[C@H](C)CNC(=O)Cc1csc(-c2ccc3c(c2)OCO3)n1. The van der Waals surface area contributed by atoms with Crippen LogP contribution in [0.2, 0.25) is 0 Å². The van der Waals surface area contributed by atoms with Crippen LogP contribution in [0.15, 0.2) is 23.6 Å². The summed E-state index contributed by atoms with van der Waals surface area (Å²) >= 11 is 1.52. The molecule has 2 aromatic rings. The predicted molar refractivity (Wildman–Crippen MR) is 93.5 cm³/mol. The van der Waals surface area contributed by atoms with Crippen LogP contribution >= 0.6 is 11.3 Å². The number of ether oxygens (including phenoxy) is 2. The average molecular weight is 347 g/mol. The van der Waals surface area contributed by atoms with Crippen molar-refractivity contribution < 1.29 is 14.3 Å². The Morgan fingerprint density at radius 2 is 2.21 bits per heavy atom. The number of carbonyl (C=O) groups excluding carboxylic acids is 1. The van der Waals surface area contributed by atoms with Crippen molar-refractivity contribution in [1.82, 2.24) is 15.6 Å². The normalized spacial score (nSPS) is 13.8. The van der Waals surface area contributed by atoms with Gasteiger partial charge in [-0.3, -0.25) is 4.79 Å². The molecule has 2 heterocycles. The molecule has 0 radical (unpaired) electrons. The van der Waals surface area contributed by atoms with Crippen LogP contribution in [0.5, 0.6) is 11.5 Å². The van der Waals surface area contributed by atoms with Crippen molar-refractivity contribution in [2.45, 2.75) is 26.3 Å². The van der Waals surface area contributed by atoms with Crippen LogP contribution in [0, 0.1) is 0 Å². The van der Waals surface area contributed by atoms with Crippen molar-refractivity contribution >= 4 is 17.2 Å². The summed E-state index contributed by atoms with van der Waals surface area (Å²) in [6.07, 6.45) is 0.292. The van der Waals surface area contributed by atoms with E-state index in [1.807, 2.05) is 37.4 Å². The first kappa shape index (κ1) is 16.7. The molecule has 1 aliphatic rings. The molecule has 7 heteroatoms. The van der Waals surface area contributed by atoms with Crippen molar-refractivity contribution in [3.8, 4) is 22.1 Å². The van der Waals surface area contributed by atoms with Crippen LogP contribution in [0.1, 0.15) is 19.5 Å². The number of aromatic nitrogens is 1. The lowest BCUT2D eigenvalue weighted by molar-refractivity contribution is -0.120. The van der Waals surface area contributed by atoms with Crippen LogP contribution < -0.4 is 20.1 Å². The number of nitrogens with one attached hydrogen (secondary N) is 2. The number of hydrogen-bond donors (Lipinski definition) is 2. The third-order valence-electron chi connectivity index (χ3n) is 3.67. The molecule has 1 amide bonds. The Balaban J connectivity index is 1.58. The maximum atomic E-state index is 12.0. The lowest BCUT2D eigenvalue weighted by Gasteiger charge is -2.12. The highest BCUT2D eigenvalue weighted by molar-refractivity contribution is 7.13. The number of fused-ring (bicyclic) bond motifs is 1. The van der Waals surface area contributed by atoms with E-state index in [-0.39, 0.29) is 18.7 Å². The zero-order valence-electron chi connectivity index (χ0n) is 13.8. The van der Waals surface area contributed by atoms with Gasteiger partial charge in [-0.25, -0.2) is 4.98 Å². The molecule has 0 fully saturated rings. The van der Waals surface area contributed by atoms with E-state index >= 15 is 0 Å². The fourth-order valence-electron chi connectivity index (χ4n) is 2.46. The van der Waals surface area contributed by atoms with E-state index in [2.05, 4.69) is 15.6 Å². The molecule has 0 saturated carbocycles. The summed E-state index contributed by atoms with van der Waals surface area (Å²) in [5, 5.41) is 8.98. The molecule has 3 rings (SSSR count). The second-order valence-corrected chi connectivity index (χ2v) is 6.51. The smallest absolute Gasteiger partial charge is 0.231 e. The van der Waals surface area contributed by atoms with Gasteiger partial charge in [0.05, 0.1) is 12.1 Å². The van der Waals surface area contributed by atoms with E-state index in [0.29, 0.717) is 13.0 Å². The highest BCUT2D eigenvalue weighted by Gasteiger charge is 2.16. The Hall–Kier alpha value is -2.12. The van der Waals surface area contributed by atoms with Gasteiger partial charge in [0.25, 0.3) is 0 Å². The van der Waals surface area contributed by atoms with E-state index in [9.17, 15) is 4.79 Å². The first-order chi connectivity index (χ1) is 11.7. The van der Waals surface area contributed by atoms with Crippen molar-refractivity contribution in [3.63, 3.8) is 0 Å². The first-order valence-corrected chi connectivity index (χ1v) is 8.88. The lowest BCUT2D eigenvalue weighted by atomic mass is 10.2. The van der Waals surface area contributed by atoms with Crippen LogP contribution in [0.3, 0.4) is 0 Å². The van der Waals surface area contributed by atoms with Crippen molar-refractivity contribution in [1.29, 1.82) is 0 Å². The molecule has 24 heavy (non-hydrogen) atoms. The molecule has 0 aliphatic carbocycles. The lowest BCUT2D eigenvalue weighted by Crippen LogP contribution is -2.39. The number of likely N-dealkylation sites (N-methyl/N-ethyl adjacent to an activating group) is 1. The fraction of sp³-hybridized carbons (Fsp3) is 0.412. The molecular weight excluding hydrogens is 326 g/mol. The maximum absolute atomic E-state index is 12.0. The second-order valence-electron chi connectivity index (χ2n) is 5.65. The van der Waals surface area contributed by atoms with Crippen molar-refractivity contribution in [2.24, 2.45) is 0 Å². The third kappa shape index (κ3) is 4.04. The molecule has 2 N–H and O–H groups in total. The molecule has 1 aliphatic heterocycles. The number of rotatable bonds is 7. The van der Waals surface area contributed by atoms with E-state index in [4.69, 9.17) is 9.47 Å². The van der Waals surface area contributed by atoms with Crippen LogP contribution in [0.25, 0.3) is 10.6 Å². The summed E-state index contributed by atoms with van der Waals surface area (Å²) < 4.78 is 10.7. The zero-order valence-corrected chi connectivity index (χ0v) is 14.6. The molecule has 6 nitrogen and oxygen atoms in total. The first-order valence-electron chi connectivity index (χ1n) is 8.00. The molecule has 0 spiro atoms. The quantitative estimate of drug-likeness (QED) is 0.803. The molecule has 0 saturated heterocycles. The maximum Gasteiger partial charge on any atom is 0.231 e. The molecule has 1 atom stereocenters. The average Bonchev–Trinajstić information content (AvgIpc) is 3.21. The molecule has 128 valence electrons.